The summed E-state index contributed by atoms with van der Waals surface area (Å²) in [6, 6.07) is 12.4. The lowest BCUT2D eigenvalue weighted by atomic mass is 9.99. The van der Waals surface area contributed by atoms with E-state index in [1.807, 2.05) is 17.0 Å². The quantitative estimate of drug-likeness (QED) is 0.660. The standard InChI is InChI=1S/C23H23N3O2/c27-21-8-7-20-15-19(16-24-23(20)25-21)6-9-22(28)26-12-10-18(11-13-26)14-17-4-2-1-3-5-17/h1-6,9-10,15-16H,7-8,11-14H2,(H,24,25,27). The lowest BCUT2D eigenvalue weighted by molar-refractivity contribution is -0.125. The minimum atomic E-state index is 0.00302. The Balaban J connectivity index is 1.35. The van der Waals surface area contributed by atoms with Crippen molar-refractivity contribution in [3.63, 3.8) is 0 Å². The van der Waals surface area contributed by atoms with E-state index >= 15 is 0 Å². The highest BCUT2D eigenvalue weighted by Crippen LogP contribution is 2.21. The fourth-order valence-corrected chi connectivity index (χ4v) is 3.57. The smallest absolute Gasteiger partial charge is 0.246 e. The van der Waals surface area contributed by atoms with Crippen molar-refractivity contribution >= 4 is 23.7 Å². The summed E-state index contributed by atoms with van der Waals surface area (Å²) < 4.78 is 0. The zero-order valence-corrected chi connectivity index (χ0v) is 15.7. The number of hydrogen-bond acceptors (Lipinski definition) is 3. The summed E-state index contributed by atoms with van der Waals surface area (Å²) in [6.45, 7) is 1.40. The Morgan fingerprint density at radius 3 is 2.82 bits per heavy atom. The molecule has 3 heterocycles. The number of carbonyl (C=O) groups is 2. The molecule has 0 unspecified atom stereocenters. The lowest BCUT2D eigenvalue weighted by Crippen LogP contribution is -2.33. The van der Waals surface area contributed by atoms with Crippen LogP contribution in [0.5, 0.6) is 0 Å². The number of aryl methyl sites for hydroxylation is 1. The highest BCUT2D eigenvalue weighted by molar-refractivity contribution is 5.94. The second kappa shape index (κ2) is 8.21. The zero-order valence-electron chi connectivity index (χ0n) is 15.7. The van der Waals surface area contributed by atoms with Gasteiger partial charge in [0.25, 0.3) is 0 Å². The fraction of sp³-hybridized carbons (Fsp3) is 0.261. The molecule has 1 aromatic carbocycles. The van der Waals surface area contributed by atoms with Crippen molar-refractivity contribution in [2.24, 2.45) is 0 Å². The lowest BCUT2D eigenvalue weighted by Gasteiger charge is -2.25. The molecule has 1 N–H and O–H groups in total. The third kappa shape index (κ3) is 4.36. The predicted molar refractivity (Wildman–Crippen MR) is 110 cm³/mol. The summed E-state index contributed by atoms with van der Waals surface area (Å²) in [5, 5.41) is 2.77. The number of anilines is 1. The molecule has 0 atom stereocenters. The van der Waals surface area contributed by atoms with Gasteiger partial charge < -0.3 is 10.2 Å². The van der Waals surface area contributed by atoms with Gasteiger partial charge in [-0.2, -0.15) is 0 Å². The first-order valence-electron chi connectivity index (χ1n) is 9.65. The van der Waals surface area contributed by atoms with Crippen LogP contribution in [0.25, 0.3) is 6.08 Å². The van der Waals surface area contributed by atoms with Crippen LogP contribution in [0.15, 0.2) is 60.3 Å². The van der Waals surface area contributed by atoms with Gasteiger partial charge in [0.1, 0.15) is 5.82 Å². The van der Waals surface area contributed by atoms with Gasteiger partial charge in [0.2, 0.25) is 11.8 Å². The molecule has 2 aliphatic heterocycles. The third-order valence-corrected chi connectivity index (χ3v) is 5.17. The highest BCUT2D eigenvalue weighted by Gasteiger charge is 2.17. The monoisotopic (exact) mass is 373 g/mol. The summed E-state index contributed by atoms with van der Waals surface area (Å²) in [6.07, 6.45) is 10.3. The number of benzene rings is 1. The molecular weight excluding hydrogens is 350 g/mol. The Hall–Kier alpha value is -3.21. The van der Waals surface area contributed by atoms with E-state index in [-0.39, 0.29) is 11.8 Å². The van der Waals surface area contributed by atoms with E-state index in [4.69, 9.17) is 0 Å². The molecule has 0 fully saturated rings. The topological polar surface area (TPSA) is 62.3 Å². The summed E-state index contributed by atoms with van der Waals surface area (Å²) in [5.41, 5.74) is 4.59. The molecule has 0 aliphatic carbocycles. The van der Waals surface area contributed by atoms with Crippen LogP contribution in [0.3, 0.4) is 0 Å². The predicted octanol–water partition coefficient (Wildman–Crippen LogP) is 3.38. The number of rotatable bonds is 4. The minimum absolute atomic E-state index is 0.00302. The van der Waals surface area contributed by atoms with Crippen LogP contribution in [-0.2, 0) is 22.4 Å². The van der Waals surface area contributed by atoms with Crippen LogP contribution in [0.2, 0.25) is 0 Å². The molecule has 142 valence electrons. The van der Waals surface area contributed by atoms with Crippen molar-refractivity contribution in [2.75, 3.05) is 18.4 Å². The maximum absolute atomic E-state index is 12.5. The number of nitrogens with one attached hydrogen (secondary N) is 1. The molecule has 0 bridgehead atoms. The van der Waals surface area contributed by atoms with Crippen molar-refractivity contribution in [3.05, 3.63) is 77.0 Å². The van der Waals surface area contributed by atoms with Crippen molar-refractivity contribution in [2.45, 2.75) is 25.7 Å². The maximum Gasteiger partial charge on any atom is 0.246 e. The van der Waals surface area contributed by atoms with Gasteiger partial charge in [-0.3, -0.25) is 9.59 Å². The van der Waals surface area contributed by atoms with Crippen molar-refractivity contribution in [3.8, 4) is 0 Å². The molecule has 0 radical (unpaired) electrons. The molecule has 5 nitrogen and oxygen atoms in total. The summed E-state index contributed by atoms with van der Waals surface area (Å²) in [4.78, 5) is 30.1. The Bertz CT molecular complexity index is 948. The summed E-state index contributed by atoms with van der Waals surface area (Å²) in [5.74, 6) is 0.649. The number of amides is 2. The van der Waals surface area contributed by atoms with Gasteiger partial charge in [-0.1, -0.05) is 42.0 Å². The van der Waals surface area contributed by atoms with Crippen LogP contribution < -0.4 is 5.32 Å². The molecule has 1 aromatic heterocycles. The van der Waals surface area contributed by atoms with Gasteiger partial charge in [-0.25, -0.2) is 4.98 Å². The molecule has 0 saturated heterocycles. The van der Waals surface area contributed by atoms with E-state index in [1.165, 1.54) is 11.1 Å². The molecule has 2 aliphatic rings. The van der Waals surface area contributed by atoms with E-state index in [1.54, 1.807) is 18.3 Å². The van der Waals surface area contributed by atoms with Crippen molar-refractivity contribution < 1.29 is 9.59 Å². The summed E-state index contributed by atoms with van der Waals surface area (Å²) in [7, 11) is 0. The van der Waals surface area contributed by atoms with Gasteiger partial charge in [0.15, 0.2) is 0 Å². The van der Waals surface area contributed by atoms with E-state index in [2.05, 4.69) is 40.6 Å². The molecular formula is C23H23N3O2. The first-order chi connectivity index (χ1) is 13.7. The molecule has 0 spiro atoms. The van der Waals surface area contributed by atoms with Crippen molar-refractivity contribution in [1.82, 2.24) is 9.88 Å². The van der Waals surface area contributed by atoms with E-state index in [0.717, 1.165) is 30.5 Å². The second-order valence-corrected chi connectivity index (χ2v) is 7.22. The van der Waals surface area contributed by atoms with E-state index in [9.17, 15) is 9.59 Å². The Morgan fingerprint density at radius 2 is 2.04 bits per heavy atom. The van der Waals surface area contributed by atoms with Gasteiger partial charge in [-0.05, 0) is 48.1 Å². The van der Waals surface area contributed by atoms with Gasteiger partial charge in [-0.15, -0.1) is 0 Å². The average molecular weight is 373 g/mol. The van der Waals surface area contributed by atoms with Crippen LogP contribution in [0.4, 0.5) is 5.82 Å². The Labute approximate surface area is 164 Å². The molecule has 4 rings (SSSR count). The van der Waals surface area contributed by atoms with Crippen LogP contribution in [-0.4, -0.2) is 34.8 Å². The minimum Gasteiger partial charge on any atom is -0.335 e. The normalized spacial score (nSPS) is 16.5. The van der Waals surface area contributed by atoms with Gasteiger partial charge >= 0.3 is 0 Å². The van der Waals surface area contributed by atoms with Crippen LogP contribution >= 0.6 is 0 Å². The Morgan fingerprint density at radius 1 is 1.18 bits per heavy atom. The Kier molecular flexibility index (Phi) is 5.33. The highest BCUT2D eigenvalue weighted by atomic mass is 16.2. The largest absolute Gasteiger partial charge is 0.335 e. The van der Waals surface area contributed by atoms with Crippen molar-refractivity contribution in [1.29, 1.82) is 0 Å². The number of fused-ring (bicyclic) bond motifs is 1. The third-order valence-electron chi connectivity index (χ3n) is 5.17. The maximum atomic E-state index is 12.5. The number of pyridine rings is 1. The molecule has 0 saturated carbocycles. The summed E-state index contributed by atoms with van der Waals surface area (Å²) >= 11 is 0. The van der Waals surface area contributed by atoms with E-state index < -0.39 is 0 Å². The number of nitrogens with zero attached hydrogens (tertiary/aromatic N) is 2. The number of carbonyl (C=O) groups excluding carboxylic acids is 2. The zero-order chi connectivity index (χ0) is 19.3. The first-order valence-corrected chi connectivity index (χ1v) is 9.65. The molecule has 5 heteroatoms. The van der Waals surface area contributed by atoms with Gasteiger partial charge in [0, 0.05) is 31.8 Å². The molecule has 28 heavy (non-hydrogen) atoms. The molecule has 2 aromatic rings. The fourth-order valence-electron chi connectivity index (χ4n) is 3.57. The van der Waals surface area contributed by atoms with E-state index in [0.29, 0.717) is 25.2 Å². The van der Waals surface area contributed by atoms with Gasteiger partial charge in [0.05, 0.1) is 0 Å². The average Bonchev–Trinajstić information content (AvgIpc) is 2.73. The second-order valence-electron chi connectivity index (χ2n) is 7.22. The van der Waals surface area contributed by atoms with Crippen LogP contribution in [0, 0.1) is 0 Å². The number of aromatic nitrogens is 1. The van der Waals surface area contributed by atoms with Crippen LogP contribution in [0.1, 0.15) is 29.5 Å². The SMILES string of the molecule is O=C1CCc2cc(C=CC(=O)N3CC=C(Cc4ccccc4)CC3)cnc2N1. The first kappa shape index (κ1) is 18.2. The number of hydrogen-bond donors (Lipinski definition) is 1. The molecule has 2 amide bonds.